The predicted octanol–water partition coefficient (Wildman–Crippen LogP) is 5.43. The zero-order valence-corrected chi connectivity index (χ0v) is 17.5. The van der Waals surface area contributed by atoms with Crippen molar-refractivity contribution in [1.82, 2.24) is 9.78 Å². The Morgan fingerprint density at radius 3 is 2.55 bits per heavy atom. The van der Waals surface area contributed by atoms with Gasteiger partial charge in [-0.3, -0.25) is 0 Å². The smallest absolute Gasteiger partial charge is 0.338 e. The number of carbonyl (C=O) groups is 1. The van der Waals surface area contributed by atoms with Crippen LogP contribution in [0.15, 0.2) is 46.9 Å². The summed E-state index contributed by atoms with van der Waals surface area (Å²) >= 11 is 3.48. The van der Waals surface area contributed by atoms with Gasteiger partial charge in [0.1, 0.15) is 24.1 Å². The van der Waals surface area contributed by atoms with E-state index < -0.39 is 11.8 Å². The summed E-state index contributed by atoms with van der Waals surface area (Å²) in [5.74, 6) is -1.60. The number of rotatable bonds is 7. The molecule has 0 radical (unpaired) electrons. The molecule has 3 aromatic rings. The van der Waals surface area contributed by atoms with E-state index in [0.29, 0.717) is 27.8 Å². The summed E-state index contributed by atoms with van der Waals surface area (Å²) in [6, 6.07) is 9.99. The second kappa shape index (κ2) is 9.28. The Bertz CT molecular complexity index is 1020. The summed E-state index contributed by atoms with van der Waals surface area (Å²) in [5, 5.41) is 4.48. The number of hydrogen-bond donors (Lipinski definition) is 0. The second-order valence-electron chi connectivity index (χ2n) is 6.23. The summed E-state index contributed by atoms with van der Waals surface area (Å²) in [7, 11) is 1.48. The van der Waals surface area contributed by atoms with Crippen LogP contribution in [-0.2, 0) is 16.2 Å². The topological polar surface area (TPSA) is 53.3 Å². The van der Waals surface area contributed by atoms with Crippen molar-refractivity contribution in [1.29, 1.82) is 0 Å². The van der Waals surface area contributed by atoms with Gasteiger partial charge >= 0.3 is 5.97 Å². The van der Waals surface area contributed by atoms with E-state index in [0.717, 1.165) is 0 Å². The minimum atomic E-state index is -0.623. The van der Waals surface area contributed by atoms with E-state index in [-0.39, 0.29) is 30.3 Å². The normalized spacial score (nSPS) is 10.9. The van der Waals surface area contributed by atoms with Gasteiger partial charge in [0.25, 0.3) is 0 Å². The maximum atomic E-state index is 14.9. The average molecular weight is 465 g/mol. The molecular formula is C21H19BrF2N2O3. The van der Waals surface area contributed by atoms with E-state index >= 15 is 0 Å². The first-order valence-electron chi connectivity index (χ1n) is 8.95. The Morgan fingerprint density at radius 2 is 1.90 bits per heavy atom. The van der Waals surface area contributed by atoms with Crippen LogP contribution in [0.1, 0.15) is 23.7 Å². The molecule has 5 nitrogen and oxygen atoms in total. The minimum Gasteiger partial charge on any atom is -0.462 e. The summed E-state index contributed by atoms with van der Waals surface area (Å²) in [6.07, 6.45) is 0.649. The molecule has 1 aromatic heterocycles. The number of esters is 1. The molecule has 1 heterocycles. The molecule has 2 aromatic carbocycles. The maximum absolute atomic E-state index is 14.9. The quantitative estimate of drug-likeness (QED) is 0.437. The first-order valence-corrected chi connectivity index (χ1v) is 9.74. The van der Waals surface area contributed by atoms with Gasteiger partial charge in [-0.05, 0) is 58.7 Å². The first-order chi connectivity index (χ1) is 14.0. The molecule has 8 heteroatoms. The third-order valence-electron chi connectivity index (χ3n) is 4.17. The van der Waals surface area contributed by atoms with Crippen LogP contribution < -0.4 is 0 Å². The molecule has 0 aliphatic heterocycles. The molecular weight excluding hydrogens is 446 g/mol. The molecule has 0 aliphatic rings. The second-order valence-corrected chi connectivity index (χ2v) is 7.03. The third-order valence-corrected chi connectivity index (χ3v) is 4.92. The molecule has 0 saturated heterocycles. The fraction of sp³-hybridized carbons (Fsp3) is 0.238. The molecule has 0 unspecified atom stereocenters. The van der Waals surface area contributed by atoms with Crippen LogP contribution in [0, 0.1) is 11.6 Å². The molecule has 152 valence electrons. The van der Waals surface area contributed by atoms with E-state index in [4.69, 9.17) is 9.47 Å². The van der Waals surface area contributed by atoms with Crippen molar-refractivity contribution in [3.05, 3.63) is 64.1 Å². The fourth-order valence-electron chi connectivity index (χ4n) is 2.89. The molecule has 0 bridgehead atoms. The molecule has 3 rings (SSSR count). The molecule has 0 N–H and O–H groups in total. The highest BCUT2D eigenvalue weighted by atomic mass is 79.9. The summed E-state index contributed by atoms with van der Waals surface area (Å²) < 4.78 is 40.5. The van der Waals surface area contributed by atoms with Gasteiger partial charge in [-0.1, -0.05) is 13.0 Å². The lowest BCUT2D eigenvalue weighted by Crippen LogP contribution is -2.11. The van der Waals surface area contributed by atoms with E-state index in [2.05, 4.69) is 21.0 Å². The highest BCUT2D eigenvalue weighted by molar-refractivity contribution is 9.10. The number of nitrogens with zero attached hydrogens (tertiary/aromatic N) is 2. The van der Waals surface area contributed by atoms with E-state index in [1.165, 1.54) is 42.1 Å². The van der Waals surface area contributed by atoms with Crippen molar-refractivity contribution >= 4 is 21.9 Å². The van der Waals surface area contributed by atoms with Crippen LogP contribution in [0.5, 0.6) is 0 Å². The molecule has 0 spiro atoms. The Balaban J connectivity index is 2.20. The van der Waals surface area contributed by atoms with Crippen molar-refractivity contribution in [2.45, 2.75) is 20.1 Å². The lowest BCUT2D eigenvalue weighted by atomic mass is 10.0. The molecule has 29 heavy (non-hydrogen) atoms. The van der Waals surface area contributed by atoms with Gasteiger partial charge in [0.15, 0.2) is 0 Å². The van der Waals surface area contributed by atoms with Gasteiger partial charge in [-0.2, -0.15) is 5.10 Å². The van der Waals surface area contributed by atoms with E-state index in [1.807, 2.05) is 6.92 Å². The minimum absolute atomic E-state index is 0.0207. The van der Waals surface area contributed by atoms with E-state index in [1.54, 1.807) is 12.1 Å². The van der Waals surface area contributed by atoms with Crippen LogP contribution in [0.2, 0.25) is 0 Å². The maximum Gasteiger partial charge on any atom is 0.338 e. The van der Waals surface area contributed by atoms with Crippen molar-refractivity contribution in [3.63, 3.8) is 0 Å². The van der Waals surface area contributed by atoms with Crippen molar-refractivity contribution < 1.29 is 23.0 Å². The van der Waals surface area contributed by atoms with Crippen molar-refractivity contribution in [2.75, 3.05) is 13.7 Å². The number of benzene rings is 2. The number of ether oxygens (including phenoxy) is 2. The molecule has 0 amide bonds. The molecule has 0 fully saturated rings. The van der Waals surface area contributed by atoms with Gasteiger partial charge in [0.2, 0.25) is 0 Å². The summed E-state index contributed by atoms with van der Waals surface area (Å²) in [5.41, 5.74) is 1.56. The first kappa shape index (κ1) is 21.1. The average Bonchev–Trinajstić information content (AvgIpc) is 3.02. The predicted molar refractivity (Wildman–Crippen MR) is 108 cm³/mol. The van der Waals surface area contributed by atoms with Crippen LogP contribution in [0.25, 0.3) is 22.5 Å². The van der Waals surface area contributed by atoms with Crippen LogP contribution >= 0.6 is 15.9 Å². The Morgan fingerprint density at radius 1 is 1.17 bits per heavy atom. The molecule has 0 saturated carbocycles. The van der Waals surface area contributed by atoms with Gasteiger partial charge in [0, 0.05) is 12.7 Å². The number of carbonyl (C=O) groups excluding carboxylic acids is 1. The Kier molecular flexibility index (Phi) is 6.76. The molecule has 0 atom stereocenters. The number of hydrogen-bond acceptors (Lipinski definition) is 4. The monoisotopic (exact) mass is 464 g/mol. The largest absolute Gasteiger partial charge is 0.462 e. The van der Waals surface area contributed by atoms with Crippen LogP contribution in [0.3, 0.4) is 0 Å². The summed E-state index contributed by atoms with van der Waals surface area (Å²) in [4.78, 5) is 12.5. The number of methoxy groups -OCH3 is 1. The van der Waals surface area contributed by atoms with E-state index in [9.17, 15) is 13.6 Å². The molecule has 0 aliphatic carbocycles. The lowest BCUT2D eigenvalue weighted by Gasteiger charge is -2.13. The zero-order valence-electron chi connectivity index (χ0n) is 15.9. The number of aromatic nitrogens is 2. The highest BCUT2D eigenvalue weighted by Gasteiger charge is 2.26. The van der Waals surface area contributed by atoms with Crippen molar-refractivity contribution in [3.8, 4) is 22.5 Å². The Labute approximate surface area is 175 Å². The van der Waals surface area contributed by atoms with Gasteiger partial charge in [-0.15, -0.1) is 0 Å². The SMILES string of the molecule is CCCOC(=O)c1cccc(F)c1-c1c(Br)c(-c2ccc(F)cc2)nn1COC. The summed E-state index contributed by atoms with van der Waals surface area (Å²) in [6.45, 7) is 2.13. The lowest BCUT2D eigenvalue weighted by molar-refractivity contribution is 0.0505. The fourth-order valence-corrected chi connectivity index (χ4v) is 3.61. The van der Waals surface area contributed by atoms with Gasteiger partial charge in [-0.25, -0.2) is 18.3 Å². The van der Waals surface area contributed by atoms with Crippen LogP contribution in [0.4, 0.5) is 8.78 Å². The van der Waals surface area contributed by atoms with Crippen molar-refractivity contribution in [2.24, 2.45) is 0 Å². The standard InChI is InChI=1S/C21H19BrF2N2O3/c1-3-11-29-21(27)15-5-4-6-16(24)17(15)20-18(22)19(25-26(20)12-28-2)13-7-9-14(23)10-8-13/h4-10H,3,11-12H2,1-2H3. The highest BCUT2D eigenvalue weighted by Crippen LogP contribution is 2.39. The Hall–Kier alpha value is -2.58. The van der Waals surface area contributed by atoms with Crippen LogP contribution in [-0.4, -0.2) is 29.5 Å². The zero-order chi connectivity index (χ0) is 21.0. The van der Waals surface area contributed by atoms with Gasteiger partial charge in [0.05, 0.1) is 27.9 Å². The third kappa shape index (κ3) is 4.38. The van der Waals surface area contributed by atoms with Gasteiger partial charge < -0.3 is 9.47 Å². The number of halogens is 3.